The zero-order valence-electron chi connectivity index (χ0n) is 7.83. The van der Waals surface area contributed by atoms with Crippen molar-refractivity contribution in [2.45, 2.75) is 32.1 Å². The van der Waals surface area contributed by atoms with Gasteiger partial charge in [-0.2, -0.15) is 0 Å². The van der Waals surface area contributed by atoms with E-state index in [0.717, 1.165) is 24.7 Å². The Balaban J connectivity index is 2.01. The van der Waals surface area contributed by atoms with Gasteiger partial charge in [0.1, 0.15) is 0 Å². The number of carboxylic acids is 1. The minimum absolute atomic E-state index is 0.0660. The second-order valence-corrected chi connectivity index (χ2v) is 4.77. The molecule has 0 bridgehead atoms. The summed E-state index contributed by atoms with van der Waals surface area (Å²) in [6.45, 7) is 0.544. The number of hydrogen-bond donors (Lipinski definition) is 2. The van der Waals surface area contributed by atoms with Crippen molar-refractivity contribution in [2.75, 3.05) is 6.54 Å². The van der Waals surface area contributed by atoms with E-state index in [9.17, 15) is 4.79 Å². The molecule has 2 fully saturated rings. The fraction of sp³-hybridized carbons (Fsp3) is 0.900. The fourth-order valence-electron chi connectivity index (χ4n) is 2.80. The summed E-state index contributed by atoms with van der Waals surface area (Å²) in [5.41, 5.74) is 5.64. The first kappa shape index (κ1) is 9.00. The summed E-state index contributed by atoms with van der Waals surface area (Å²) in [4.78, 5) is 10.7. The molecular weight excluding hydrogens is 166 g/mol. The molecule has 0 aliphatic heterocycles. The molecule has 0 aromatic carbocycles. The Morgan fingerprint density at radius 1 is 1.54 bits per heavy atom. The Hall–Kier alpha value is -0.570. The lowest BCUT2D eigenvalue weighted by atomic mass is 9.72. The van der Waals surface area contributed by atoms with Gasteiger partial charge in [0.25, 0.3) is 0 Å². The van der Waals surface area contributed by atoms with E-state index in [1.165, 1.54) is 12.8 Å². The molecular formula is C10H17NO2. The van der Waals surface area contributed by atoms with E-state index in [0.29, 0.717) is 6.54 Å². The summed E-state index contributed by atoms with van der Waals surface area (Å²) >= 11 is 0. The molecule has 2 aliphatic carbocycles. The van der Waals surface area contributed by atoms with Gasteiger partial charge in [-0.1, -0.05) is 0 Å². The molecule has 3 atom stereocenters. The predicted octanol–water partition coefficient (Wildman–Crippen LogP) is 1.23. The third-order valence-corrected chi connectivity index (χ3v) is 3.77. The van der Waals surface area contributed by atoms with Gasteiger partial charge in [0, 0.05) is 0 Å². The Morgan fingerprint density at radius 3 is 2.85 bits per heavy atom. The van der Waals surface area contributed by atoms with E-state index < -0.39 is 5.97 Å². The molecule has 0 saturated heterocycles. The minimum atomic E-state index is -0.690. The highest BCUT2D eigenvalue weighted by molar-refractivity contribution is 5.67. The molecule has 0 aromatic rings. The van der Waals surface area contributed by atoms with Crippen molar-refractivity contribution in [3.05, 3.63) is 0 Å². The quantitative estimate of drug-likeness (QED) is 0.691. The second kappa shape index (κ2) is 2.98. The van der Waals surface area contributed by atoms with Gasteiger partial charge in [0.15, 0.2) is 0 Å². The average Bonchev–Trinajstić information content (AvgIpc) is 2.81. The first-order chi connectivity index (χ1) is 6.15. The highest BCUT2D eigenvalue weighted by Crippen LogP contribution is 2.56. The number of carboxylic acid groups (broad SMARTS) is 1. The molecule has 0 amide bonds. The second-order valence-electron chi connectivity index (χ2n) is 4.77. The van der Waals surface area contributed by atoms with Crippen molar-refractivity contribution in [1.82, 2.24) is 0 Å². The number of rotatable bonds is 3. The highest BCUT2D eigenvalue weighted by atomic mass is 16.4. The SMILES string of the molecule is NC[C@@]1(CC(=O)O)CC[C@@H]2C[C@@H]2C1. The topological polar surface area (TPSA) is 63.3 Å². The Kier molecular flexibility index (Phi) is 2.06. The average molecular weight is 183 g/mol. The van der Waals surface area contributed by atoms with Crippen molar-refractivity contribution in [3.63, 3.8) is 0 Å². The standard InChI is InChI=1S/C10H17NO2/c11-6-10(5-9(12)13)2-1-7-3-8(7)4-10/h7-8H,1-6,11H2,(H,12,13)/t7-,8-,10+/m1/s1. The predicted molar refractivity (Wildman–Crippen MR) is 49.2 cm³/mol. The van der Waals surface area contributed by atoms with Gasteiger partial charge < -0.3 is 10.8 Å². The van der Waals surface area contributed by atoms with Gasteiger partial charge in [0.05, 0.1) is 6.42 Å². The summed E-state index contributed by atoms with van der Waals surface area (Å²) in [7, 11) is 0. The van der Waals surface area contributed by atoms with Crippen LogP contribution in [-0.2, 0) is 4.79 Å². The van der Waals surface area contributed by atoms with Crippen LogP contribution in [-0.4, -0.2) is 17.6 Å². The van der Waals surface area contributed by atoms with Gasteiger partial charge in [-0.15, -0.1) is 0 Å². The molecule has 2 saturated carbocycles. The highest BCUT2D eigenvalue weighted by Gasteiger charge is 2.48. The van der Waals surface area contributed by atoms with Crippen LogP contribution >= 0.6 is 0 Å². The van der Waals surface area contributed by atoms with Crippen molar-refractivity contribution in [3.8, 4) is 0 Å². The number of carbonyl (C=O) groups is 1. The van der Waals surface area contributed by atoms with Crippen LogP contribution in [0.4, 0.5) is 0 Å². The molecule has 2 rings (SSSR count). The van der Waals surface area contributed by atoms with E-state index >= 15 is 0 Å². The molecule has 3 N–H and O–H groups in total. The Labute approximate surface area is 78.3 Å². The smallest absolute Gasteiger partial charge is 0.303 e. The van der Waals surface area contributed by atoms with Crippen molar-refractivity contribution in [1.29, 1.82) is 0 Å². The number of hydrogen-bond acceptors (Lipinski definition) is 2. The first-order valence-corrected chi connectivity index (χ1v) is 5.07. The van der Waals surface area contributed by atoms with Crippen LogP contribution in [0.1, 0.15) is 32.1 Å². The monoisotopic (exact) mass is 183 g/mol. The maximum Gasteiger partial charge on any atom is 0.303 e. The fourth-order valence-corrected chi connectivity index (χ4v) is 2.80. The van der Waals surface area contributed by atoms with Crippen LogP contribution in [0.15, 0.2) is 0 Å². The lowest BCUT2D eigenvalue weighted by Crippen LogP contribution is -2.35. The molecule has 0 spiro atoms. The summed E-state index contributed by atoms with van der Waals surface area (Å²) in [6, 6.07) is 0. The summed E-state index contributed by atoms with van der Waals surface area (Å²) in [6.07, 6.45) is 4.88. The maximum atomic E-state index is 10.7. The van der Waals surface area contributed by atoms with Crippen LogP contribution in [0, 0.1) is 17.3 Å². The Morgan fingerprint density at radius 2 is 2.31 bits per heavy atom. The lowest BCUT2D eigenvalue weighted by molar-refractivity contribution is -0.140. The van der Waals surface area contributed by atoms with Crippen LogP contribution in [0.25, 0.3) is 0 Å². The van der Waals surface area contributed by atoms with Gasteiger partial charge in [-0.25, -0.2) is 0 Å². The zero-order valence-corrected chi connectivity index (χ0v) is 7.83. The molecule has 74 valence electrons. The molecule has 0 heterocycles. The molecule has 2 aliphatic rings. The summed E-state index contributed by atoms with van der Waals surface area (Å²) < 4.78 is 0. The Bertz CT molecular complexity index is 229. The number of aliphatic carboxylic acids is 1. The maximum absolute atomic E-state index is 10.7. The summed E-state index contributed by atoms with van der Waals surface area (Å²) in [5.74, 6) is 1.02. The molecule has 0 aromatic heterocycles. The van der Waals surface area contributed by atoms with Gasteiger partial charge in [-0.05, 0) is 49.5 Å². The molecule has 0 unspecified atom stereocenters. The minimum Gasteiger partial charge on any atom is -0.481 e. The van der Waals surface area contributed by atoms with Gasteiger partial charge >= 0.3 is 5.97 Å². The van der Waals surface area contributed by atoms with E-state index in [-0.39, 0.29) is 11.8 Å². The van der Waals surface area contributed by atoms with E-state index in [1.54, 1.807) is 0 Å². The number of nitrogens with two attached hydrogens (primary N) is 1. The van der Waals surface area contributed by atoms with Gasteiger partial charge in [0.2, 0.25) is 0 Å². The molecule has 0 radical (unpaired) electrons. The largest absolute Gasteiger partial charge is 0.481 e. The van der Waals surface area contributed by atoms with Crippen molar-refractivity contribution >= 4 is 5.97 Å². The first-order valence-electron chi connectivity index (χ1n) is 5.07. The van der Waals surface area contributed by atoms with Crippen LogP contribution in [0.3, 0.4) is 0 Å². The summed E-state index contributed by atoms with van der Waals surface area (Å²) in [5, 5.41) is 8.81. The number of fused-ring (bicyclic) bond motifs is 1. The normalized spacial score (nSPS) is 42.5. The van der Waals surface area contributed by atoms with Crippen molar-refractivity contribution in [2.24, 2.45) is 23.0 Å². The van der Waals surface area contributed by atoms with E-state index in [2.05, 4.69) is 0 Å². The van der Waals surface area contributed by atoms with Crippen LogP contribution in [0.2, 0.25) is 0 Å². The molecule has 3 heteroatoms. The van der Waals surface area contributed by atoms with Crippen LogP contribution in [0.5, 0.6) is 0 Å². The van der Waals surface area contributed by atoms with Crippen LogP contribution < -0.4 is 5.73 Å². The van der Waals surface area contributed by atoms with E-state index in [1.807, 2.05) is 0 Å². The lowest BCUT2D eigenvalue weighted by Gasteiger charge is -2.34. The molecule has 3 nitrogen and oxygen atoms in total. The third kappa shape index (κ3) is 1.70. The third-order valence-electron chi connectivity index (χ3n) is 3.77. The van der Waals surface area contributed by atoms with Crippen molar-refractivity contribution < 1.29 is 9.90 Å². The zero-order chi connectivity index (χ0) is 9.47. The van der Waals surface area contributed by atoms with E-state index in [4.69, 9.17) is 10.8 Å². The molecule has 13 heavy (non-hydrogen) atoms. The van der Waals surface area contributed by atoms with Gasteiger partial charge in [-0.3, -0.25) is 4.79 Å².